The Balaban J connectivity index is 1.64. The first kappa shape index (κ1) is 19.6. The van der Waals surface area contributed by atoms with Gasteiger partial charge in [-0.2, -0.15) is 0 Å². The van der Waals surface area contributed by atoms with Crippen LogP contribution >= 0.6 is 0 Å². The number of carbonyl (C=O) groups excluding carboxylic acids is 2. The number of likely N-dealkylation sites (tertiary alicyclic amines) is 1. The van der Waals surface area contributed by atoms with Gasteiger partial charge in [-0.25, -0.2) is 0 Å². The summed E-state index contributed by atoms with van der Waals surface area (Å²) < 4.78 is 0. The van der Waals surface area contributed by atoms with Crippen LogP contribution in [0.15, 0.2) is 48.8 Å². The van der Waals surface area contributed by atoms with Crippen molar-refractivity contribution in [2.45, 2.75) is 58.2 Å². The molecular weight excluding hydrogens is 362 g/mol. The van der Waals surface area contributed by atoms with Crippen molar-refractivity contribution in [1.82, 2.24) is 14.8 Å². The van der Waals surface area contributed by atoms with E-state index in [2.05, 4.69) is 36.2 Å². The zero-order chi connectivity index (χ0) is 20.4. The maximum absolute atomic E-state index is 13.8. The molecule has 5 heteroatoms. The highest BCUT2D eigenvalue weighted by Gasteiger charge is 2.44. The van der Waals surface area contributed by atoms with Gasteiger partial charge in [-0.1, -0.05) is 29.8 Å². The number of piperidine rings is 1. The molecule has 2 amide bonds. The second-order valence-corrected chi connectivity index (χ2v) is 8.23. The first-order valence-electron chi connectivity index (χ1n) is 10.6. The van der Waals surface area contributed by atoms with Gasteiger partial charge in [-0.3, -0.25) is 14.6 Å². The van der Waals surface area contributed by atoms with Crippen LogP contribution in [0.1, 0.15) is 55.3 Å². The number of benzene rings is 1. The SMILES string of the molecule is CCN1C(=O)CC[C@@H](C(=O)N(Cc2ccncc2)C2CC2)[C@@H]1c1ccc(C)cc1. The van der Waals surface area contributed by atoms with Crippen LogP contribution in [-0.2, 0) is 16.1 Å². The Morgan fingerprint density at radius 1 is 1.10 bits per heavy atom. The predicted molar refractivity (Wildman–Crippen MR) is 112 cm³/mol. The number of carbonyl (C=O) groups is 2. The summed E-state index contributed by atoms with van der Waals surface area (Å²) in [6.07, 6.45) is 6.74. The van der Waals surface area contributed by atoms with Crippen LogP contribution in [-0.4, -0.2) is 39.2 Å². The monoisotopic (exact) mass is 391 g/mol. The van der Waals surface area contributed by atoms with Crippen molar-refractivity contribution in [3.8, 4) is 0 Å². The van der Waals surface area contributed by atoms with Crippen molar-refractivity contribution in [3.63, 3.8) is 0 Å². The second kappa shape index (κ2) is 8.36. The highest BCUT2D eigenvalue weighted by Crippen LogP contribution is 2.40. The van der Waals surface area contributed by atoms with E-state index in [0.29, 0.717) is 32.0 Å². The Hall–Kier alpha value is -2.69. The summed E-state index contributed by atoms with van der Waals surface area (Å²) in [5.74, 6) is 0.132. The Morgan fingerprint density at radius 3 is 2.41 bits per heavy atom. The quantitative estimate of drug-likeness (QED) is 0.751. The van der Waals surface area contributed by atoms with Crippen LogP contribution in [0.3, 0.4) is 0 Å². The molecule has 2 heterocycles. The number of pyridine rings is 1. The van der Waals surface area contributed by atoms with Crippen LogP contribution in [0.5, 0.6) is 0 Å². The molecule has 5 nitrogen and oxygen atoms in total. The minimum absolute atomic E-state index is 0.147. The maximum atomic E-state index is 13.8. The molecule has 4 rings (SSSR count). The van der Waals surface area contributed by atoms with Crippen LogP contribution in [0.2, 0.25) is 0 Å². The average Bonchev–Trinajstić information content (AvgIpc) is 3.58. The Labute approximate surface area is 172 Å². The maximum Gasteiger partial charge on any atom is 0.228 e. The van der Waals surface area contributed by atoms with E-state index < -0.39 is 0 Å². The summed E-state index contributed by atoms with van der Waals surface area (Å²) in [7, 11) is 0. The molecule has 2 aliphatic rings. The molecule has 1 aromatic heterocycles. The summed E-state index contributed by atoms with van der Waals surface area (Å²) in [4.78, 5) is 34.5. The average molecular weight is 392 g/mol. The summed E-state index contributed by atoms with van der Waals surface area (Å²) >= 11 is 0. The number of rotatable bonds is 6. The van der Waals surface area contributed by atoms with Crippen LogP contribution in [0.4, 0.5) is 0 Å². The summed E-state index contributed by atoms with van der Waals surface area (Å²) in [5, 5.41) is 0. The molecule has 0 unspecified atom stereocenters. The van der Waals surface area contributed by atoms with E-state index in [-0.39, 0.29) is 23.8 Å². The van der Waals surface area contributed by atoms with Crippen molar-refractivity contribution in [2.75, 3.05) is 6.54 Å². The Kier molecular flexibility index (Phi) is 5.65. The van der Waals surface area contributed by atoms with Gasteiger partial charge in [0.2, 0.25) is 11.8 Å². The fourth-order valence-electron chi connectivity index (χ4n) is 4.43. The van der Waals surface area contributed by atoms with Gasteiger partial charge in [0.25, 0.3) is 0 Å². The van der Waals surface area contributed by atoms with Crippen molar-refractivity contribution in [2.24, 2.45) is 5.92 Å². The number of aromatic nitrogens is 1. The highest BCUT2D eigenvalue weighted by atomic mass is 16.2. The van der Waals surface area contributed by atoms with Crippen molar-refractivity contribution in [3.05, 3.63) is 65.5 Å². The van der Waals surface area contributed by atoms with Gasteiger partial charge >= 0.3 is 0 Å². The minimum Gasteiger partial charge on any atom is -0.335 e. The molecule has 2 aromatic rings. The lowest BCUT2D eigenvalue weighted by atomic mass is 9.83. The molecule has 1 aliphatic carbocycles. The number of hydrogen-bond donors (Lipinski definition) is 0. The predicted octanol–water partition coefficient (Wildman–Crippen LogP) is 3.88. The topological polar surface area (TPSA) is 53.5 Å². The smallest absolute Gasteiger partial charge is 0.228 e. The molecule has 0 bridgehead atoms. The van der Waals surface area contributed by atoms with Crippen LogP contribution in [0, 0.1) is 12.8 Å². The van der Waals surface area contributed by atoms with E-state index in [4.69, 9.17) is 0 Å². The Morgan fingerprint density at radius 2 is 1.79 bits per heavy atom. The second-order valence-electron chi connectivity index (χ2n) is 8.23. The minimum atomic E-state index is -0.196. The van der Waals surface area contributed by atoms with Crippen molar-refractivity contribution in [1.29, 1.82) is 0 Å². The lowest BCUT2D eigenvalue weighted by Gasteiger charge is -2.42. The van der Waals surface area contributed by atoms with E-state index in [1.807, 2.05) is 28.9 Å². The first-order valence-corrected chi connectivity index (χ1v) is 10.6. The lowest BCUT2D eigenvalue weighted by Crippen LogP contribution is -2.49. The molecule has 1 aromatic carbocycles. The van der Waals surface area contributed by atoms with Gasteiger partial charge in [-0.05, 0) is 56.4 Å². The molecule has 0 spiro atoms. The van der Waals surface area contributed by atoms with Crippen molar-refractivity contribution >= 4 is 11.8 Å². The largest absolute Gasteiger partial charge is 0.335 e. The number of amides is 2. The van der Waals surface area contributed by atoms with Gasteiger partial charge in [0.1, 0.15) is 0 Å². The van der Waals surface area contributed by atoms with E-state index >= 15 is 0 Å². The zero-order valence-electron chi connectivity index (χ0n) is 17.3. The third-order valence-corrected chi connectivity index (χ3v) is 6.16. The molecule has 29 heavy (non-hydrogen) atoms. The van der Waals surface area contributed by atoms with Gasteiger partial charge in [0.05, 0.1) is 12.0 Å². The molecule has 0 radical (unpaired) electrons. The van der Waals surface area contributed by atoms with Gasteiger partial charge in [-0.15, -0.1) is 0 Å². The number of hydrogen-bond acceptors (Lipinski definition) is 3. The lowest BCUT2D eigenvalue weighted by molar-refractivity contribution is -0.148. The third kappa shape index (κ3) is 4.19. The molecule has 152 valence electrons. The number of aryl methyl sites for hydroxylation is 1. The van der Waals surface area contributed by atoms with Crippen molar-refractivity contribution < 1.29 is 9.59 Å². The zero-order valence-corrected chi connectivity index (χ0v) is 17.3. The van der Waals surface area contributed by atoms with E-state index in [1.54, 1.807) is 12.4 Å². The van der Waals surface area contributed by atoms with Gasteiger partial charge in [0.15, 0.2) is 0 Å². The highest BCUT2D eigenvalue weighted by molar-refractivity contribution is 5.85. The summed E-state index contributed by atoms with van der Waals surface area (Å²) in [5.41, 5.74) is 3.34. The van der Waals surface area contributed by atoms with E-state index in [1.165, 1.54) is 5.56 Å². The van der Waals surface area contributed by atoms with E-state index in [9.17, 15) is 9.59 Å². The molecule has 2 atom stereocenters. The number of nitrogens with zero attached hydrogens (tertiary/aromatic N) is 3. The molecular formula is C24H29N3O2. The Bertz CT molecular complexity index is 861. The molecule has 1 saturated carbocycles. The van der Waals surface area contributed by atoms with Gasteiger partial charge < -0.3 is 9.80 Å². The standard InChI is InChI=1S/C24H29N3O2/c1-3-26-22(28)11-10-21(23(26)19-6-4-17(2)5-7-19)24(29)27(20-8-9-20)16-18-12-14-25-15-13-18/h4-7,12-15,20-21,23H,3,8-11,16H2,1-2H3/t21-,23+/m1/s1. The summed E-state index contributed by atoms with van der Waals surface area (Å²) in [6.45, 7) is 5.29. The fourth-order valence-corrected chi connectivity index (χ4v) is 4.43. The molecule has 2 fully saturated rings. The normalized spacial score (nSPS) is 21.9. The van der Waals surface area contributed by atoms with E-state index in [0.717, 1.165) is 24.0 Å². The third-order valence-electron chi connectivity index (χ3n) is 6.16. The van der Waals surface area contributed by atoms with Crippen LogP contribution in [0.25, 0.3) is 0 Å². The molecule has 1 aliphatic heterocycles. The van der Waals surface area contributed by atoms with Crippen LogP contribution < -0.4 is 0 Å². The first-order chi connectivity index (χ1) is 14.1. The summed E-state index contributed by atoms with van der Waals surface area (Å²) in [6, 6.07) is 12.4. The van der Waals surface area contributed by atoms with Gasteiger partial charge in [0, 0.05) is 37.9 Å². The molecule has 0 N–H and O–H groups in total. The fraction of sp³-hybridized carbons (Fsp3) is 0.458. The molecule has 1 saturated heterocycles.